The highest BCUT2D eigenvalue weighted by Crippen LogP contribution is 2.50. The fourth-order valence-electron chi connectivity index (χ4n) is 2.99. The third kappa shape index (κ3) is 2.62. The molecule has 3 rings (SSSR count). The van der Waals surface area contributed by atoms with Gasteiger partial charge in [-0.15, -0.1) is 0 Å². The van der Waals surface area contributed by atoms with Crippen LogP contribution in [0, 0.1) is 30.3 Å². The molecule has 0 spiro atoms. The number of fused-ring (bicyclic) bond motifs is 3. The molecule has 2 aromatic carbocycles. The molecular weight excluding hydrogens is 344 g/mol. The summed E-state index contributed by atoms with van der Waals surface area (Å²) in [6.07, 6.45) is 1.63. The van der Waals surface area contributed by atoms with Crippen molar-refractivity contribution in [1.29, 1.82) is 0 Å². The first-order valence-corrected chi connectivity index (χ1v) is 7.35. The molecule has 10 heteroatoms. The van der Waals surface area contributed by atoms with Crippen LogP contribution in [0.3, 0.4) is 0 Å². The lowest BCUT2D eigenvalue weighted by atomic mass is 10.0. The van der Waals surface area contributed by atoms with E-state index in [1.807, 2.05) is 0 Å². The van der Waals surface area contributed by atoms with Gasteiger partial charge >= 0.3 is 0 Å². The lowest BCUT2D eigenvalue weighted by Gasteiger charge is -2.09. The van der Waals surface area contributed by atoms with E-state index in [0.717, 1.165) is 6.07 Å². The second kappa shape index (κ2) is 5.92. The smallest absolute Gasteiger partial charge is 0.284 e. The summed E-state index contributed by atoms with van der Waals surface area (Å²) in [7, 11) is 3.43. The Labute approximate surface area is 146 Å². The average Bonchev–Trinajstić information content (AvgIpc) is 2.86. The quantitative estimate of drug-likeness (QED) is 0.517. The average molecular weight is 356 g/mol. The van der Waals surface area contributed by atoms with Crippen molar-refractivity contribution in [3.05, 3.63) is 78.0 Å². The molecule has 0 aliphatic heterocycles. The molecule has 0 amide bonds. The number of nitro groups is 3. The fraction of sp³-hybridized carbons (Fsp3) is 0.125. The zero-order valence-corrected chi connectivity index (χ0v) is 13.7. The van der Waals surface area contributed by atoms with Crippen molar-refractivity contribution in [2.45, 2.75) is 0 Å². The lowest BCUT2D eigenvalue weighted by molar-refractivity contribution is -0.393. The van der Waals surface area contributed by atoms with Crippen LogP contribution in [0.2, 0.25) is 0 Å². The van der Waals surface area contributed by atoms with E-state index in [2.05, 4.69) is 0 Å². The van der Waals surface area contributed by atoms with Gasteiger partial charge < -0.3 is 4.90 Å². The Kier molecular flexibility index (Phi) is 3.87. The van der Waals surface area contributed by atoms with E-state index >= 15 is 0 Å². The summed E-state index contributed by atoms with van der Waals surface area (Å²) in [5, 5.41) is 33.8. The van der Waals surface area contributed by atoms with Crippen molar-refractivity contribution >= 4 is 22.6 Å². The van der Waals surface area contributed by atoms with Gasteiger partial charge in [0, 0.05) is 49.6 Å². The van der Waals surface area contributed by atoms with E-state index in [1.165, 1.54) is 24.3 Å². The summed E-state index contributed by atoms with van der Waals surface area (Å²) >= 11 is 0. The van der Waals surface area contributed by atoms with Crippen molar-refractivity contribution in [2.75, 3.05) is 14.1 Å². The van der Waals surface area contributed by atoms with Crippen molar-refractivity contribution in [1.82, 2.24) is 4.90 Å². The van der Waals surface area contributed by atoms with Crippen LogP contribution in [0.15, 0.2) is 36.5 Å². The van der Waals surface area contributed by atoms with Gasteiger partial charge in [0.2, 0.25) is 0 Å². The van der Waals surface area contributed by atoms with Crippen molar-refractivity contribution < 1.29 is 14.8 Å². The molecule has 1 aliphatic rings. The van der Waals surface area contributed by atoms with E-state index in [0.29, 0.717) is 22.3 Å². The lowest BCUT2D eigenvalue weighted by Crippen LogP contribution is -2.03. The molecule has 26 heavy (non-hydrogen) atoms. The predicted molar refractivity (Wildman–Crippen MR) is 92.6 cm³/mol. The van der Waals surface area contributed by atoms with Gasteiger partial charge in [0.25, 0.3) is 17.1 Å². The van der Waals surface area contributed by atoms with Gasteiger partial charge in [-0.2, -0.15) is 0 Å². The van der Waals surface area contributed by atoms with Crippen molar-refractivity contribution in [3.63, 3.8) is 0 Å². The first-order valence-electron chi connectivity index (χ1n) is 7.35. The van der Waals surface area contributed by atoms with Crippen LogP contribution in [-0.4, -0.2) is 33.8 Å². The van der Waals surface area contributed by atoms with Crippen LogP contribution in [0.25, 0.3) is 16.7 Å². The molecule has 0 N–H and O–H groups in total. The van der Waals surface area contributed by atoms with Crippen LogP contribution >= 0.6 is 0 Å². The molecule has 0 atom stereocenters. The summed E-state index contributed by atoms with van der Waals surface area (Å²) in [4.78, 5) is 33.5. The van der Waals surface area contributed by atoms with Crippen molar-refractivity contribution in [3.8, 4) is 11.1 Å². The molecule has 0 saturated carbocycles. The molecule has 0 aromatic heterocycles. The number of rotatable bonds is 4. The fourth-order valence-corrected chi connectivity index (χ4v) is 2.99. The molecule has 0 unspecified atom stereocenters. The van der Waals surface area contributed by atoms with E-state index in [4.69, 9.17) is 0 Å². The molecule has 0 heterocycles. The number of hydrogen-bond acceptors (Lipinski definition) is 7. The Bertz CT molecular complexity index is 1010. The van der Waals surface area contributed by atoms with Crippen LogP contribution in [0.4, 0.5) is 17.1 Å². The minimum absolute atomic E-state index is 0.168. The summed E-state index contributed by atoms with van der Waals surface area (Å²) in [6.45, 7) is 0. The Morgan fingerprint density at radius 1 is 0.808 bits per heavy atom. The predicted octanol–water partition coefficient (Wildman–Crippen LogP) is 3.34. The van der Waals surface area contributed by atoms with Gasteiger partial charge in [-0.1, -0.05) is 0 Å². The van der Waals surface area contributed by atoms with Crippen LogP contribution in [0.1, 0.15) is 11.1 Å². The number of benzene rings is 2. The number of hydrogen-bond donors (Lipinski definition) is 0. The van der Waals surface area contributed by atoms with E-state index < -0.39 is 26.1 Å². The van der Waals surface area contributed by atoms with Gasteiger partial charge in [-0.25, -0.2) is 0 Å². The highest BCUT2D eigenvalue weighted by atomic mass is 16.6. The van der Waals surface area contributed by atoms with Crippen LogP contribution < -0.4 is 0 Å². The number of nitrogens with zero attached hydrogens (tertiary/aromatic N) is 4. The topological polar surface area (TPSA) is 133 Å². The summed E-state index contributed by atoms with van der Waals surface area (Å²) in [5.74, 6) is 0. The molecule has 0 saturated heterocycles. The second-order valence-corrected chi connectivity index (χ2v) is 5.90. The molecule has 2 aromatic rings. The first-order chi connectivity index (χ1) is 12.2. The normalized spacial score (nSPS) is 13.2. The molecule has 10 nitrogen and oxygen atoms in total. The maximum atomic E-state index is 11.5. The third-order valence-electron chi connectivity index (χ3n) is 3.96. The van der Waals surface area contributed by atoms with Gasteiger partial charge in [-0.3, -0.25) is 30.3 Å². The Balaban J connectivity index is 2.42. The standard InChI is InChI=1S/C16H12N4O6/c1-17(2)8-14-12-5-9(18(21)22)3-4-11(12)16-13(14)6-10(19(23)24)7-15(16)20(25)26/h3-8H,1-2H3. The second-order valence-electron chi connectivity index (χ2n) is 5.90. The highest BCUT2D eigenvalue weighted by Gasteiger charge is 2.34. The van der Waals surface area contributed by atoms with Crippen molar-refractivity contribution in [2.24, 2.45) is 0 Å². The zero-order chi connectivity index (χ0) is 19.2. The molecule has 0 bridgehead atoms. The zero-order valence-electron chi connectivity index (χ0n) is 13.7. The molecule has 0 radical (unpaired) electrons. The number of nitro benzene ring substituents is 3. The molecule has 132 valence electrons. The largest absolute Gasteiger partial charge is 0.383 e. The first kappa shape index (κ1) is 17.0. The van der Waals surface area contributed by atoms with Crippen LogP contribution in [-0.2, 0) is 0 Å². The minimum atomic E-state index is -0.702. The molecular formula is C16H12N4O6. The van der Waals surface area contributed by atoms with Gasteiger partial charge in [0.1, 0.15) is 0 Å². The van der Waals surface area contributed by atoms with E-state index in [1.54, 1.807) is 25.2 Å². The summed E-state index contributed by atoms with van der Waals surface area (Å²) in [5.41, 5.74) is 0.836. The summed E-state index contributed by atoms with van der Waals surface area (Å²) < 4.78 is 0. The van der Waals surface area contributed by atoms with Gasteiger partial charge in [0.05, 0.1) is 26.4 Å². The Morgan fingerprint density at radius 3 is 1.96 bits per heavy atom. The maximum absolute atomic E-state index is 11.5. The van der Waals surface area contributed by atoms with E-state index in [9.17, 15) is 30.3 Å². The van der Waals surface area contributed by atoms with Gasteiger partial charge in [0.15, 0.2) is 0 Å². The minimum Gasteiger partial charge on any atom is -0.383 e. The summed E-state index contributed by atoms with van der Waals surface area (Å²) in [6, 6.07) is 6.17. The van der Waals surface area contributed by atoms with E-state index in [-0.39, 0.29) is 11.3 Å². The monoisotopic (exact) mass is 356 g/mol. The Hall–Kier alpha value is -3.82. The SMILES string of the molecule is CN(C)C=C1c2cc([N+](=O)[O-])ccc2-c2c1cc([N+](=O)[O-])cc2[N+](=O)[O-]. The maximum Gasteiger partial charge on any atom is 0.284 e. The third-order valence-corrected chi connectivity index (χ3v) is 3.96. The Morgan fingerprint density at radius 2 is 1.42 bits per heavy atom. The van der Waals surface area contributed by atoms with Gasteiger partial charge in [-0.05, 0) is 17.2 Å². The number of non-ortho nitro benzene ring substituents is 2. The molecule has 0 fully saturated rings. The highest BCUT2D eigenvalue weighted by molar-refractivity contribution is 6.05. The molecule has 1 aliphatic carbocycles. The van der Waals surface area contributed by atoms with Crippen LogP contribution in [0.5, 0.6) is 0 Å².